The minimum Gasteiger partial charge on any atom is -0.399 e. The average Bonchev–Trinajstić information content (AvgIpc) is 2.51. The number of methoxy groups -OCH3 is 2. The second-order valence-corrected chi connectivity index (χ2v) is 4.34. The summed E-state index contributed by atoms with van der Waals surface area (Å²) in [5.41, 5.74) is 7.36. The quantitative estimate of drug-likeness (QED) is 0.516. The number of ketones is 1. The molecule has 0 saturated heterocycles. The Kier molecular flexibility index (Phi) is 4.17. The third kappa shape index (κ3) is 2.43. The van der Waals surface area contributed by atoms with Crippen LogP contribution in [0.1, 0.15) is 15.9 Å². The molecular formula is C16H17NO3. The van der Waals surface area contributed by atoms with Crippen LogP contribution in [-0.4, -0.2) is 20.0 Å². The highest BCUT2D eigenvalue weighted by molar-refractivity contribution is 6.02. The van der Waals surface area contributed by atoms with Crippen molar-refractivity contribution in [3.8, 4) is 0 Å². The molecule has 4 nitrogen and oxygen atoms in total. The molecule has 0 aliphatic heterocycles. The molecular weight excluding hydrogens is 254 g/mol. The van der Waals surface area contributed by atoms with Crippen molar-refractivity contribution < 1.29 is 14.3 Å². The number of nitrogens with two attached hydrogens (primary N) is 1. The Bertz CT molecular complexity index is 574. The van der Waals surface area contributed by atoms with Gasteiger partial charge in [0.05, 0.1) is 0 Å². The second-order valence-electron chi connectivity index (χ2n) is 4.34. The van der Waals surface area contributed by atoms with Gasteiger partial charge < -0.3 is 15.2 Å². The molecule has 2 aromatic carbocycles. The lowest BCUT2D eigenvalue weighted by atomic mass is 9.95. The number of nitrogen functional groups attached to an aromatic ring is 1. The third-order valence-corrected chi connectivity index (χ3v) is 3.20. The van der Waals surface area contributed by atoms with E-state index in [2.05, 4.69) is 0 Å². The molecule has 4 heteroatoms. The lowest BCUT2D eigenvalue weighted by molar-refractivity contribution is -0.176. The van der Waals surface area contributed by atoms with E-state index in [1.807, 2.05) is 18.2 Å². The van der Waals surface area contributed by atoms with Crippen molar-refractivity contribution in [3.05, 3.63) is 65.7 Å². The first-order chi connectivity index (χ1) is 9.64. The summed E-state index contributed by atoms with van der Waals surface area (Å²) in [7, 11) is 2.90. The summed E-state index contributed by atoms with van der Waals surface area (Å²) in [5, 5.41) is 0. The maximum Gasteiger partial charge on any atom is 0.260 e. The summed E-state index contributed by atoms with van der Waals surface area (Å²) in [6.07, 6.45) is 0. The molecule has 0 amide bonds. The first kappa shape index (κ1) is 14.2. The lowest BCUT2D eigenvalue weighted by Gasteiger charge is -2.29. The third-order valence-electron chi connectivity index (χ3n) is 3.20. The van der Waals surface area contributed by atoms with Gasteiger partial charge in [-0.1, -0.05) is 30.3 Å². The molecule has 0 radical (unpaired) electrons. The van der Waals surface area contributed by atoms with Gasteiger partial charge in [-0.25, -0.2) is 0 Å². The summed E-state index contributed by atoms with van der Waals surface area (Å²) in [5.74, 6) is -1.72. The lowest BCUT2D eigenvalue weighted by Crippen LogP contribution is -2.39. The van der Waals surface area contributed by atoms with Gasteiger partial charge >= 0.3 is 0 Å². The number of Topliss-reactive ketones (excluding diaryl/α,β-unsaturated/α-hetero) is 1. The molecule has 0 heterocycles. The van der Waals surface area contributed by atoms with Gasteiger partial charge in [-0.05, 0) is 24.3 Å². The molecule has 0 aliphatic rings. The van der Waals surface area contributed by atoms with E-state index in [1.165, 1.54) is 14.2 Å². The molecule has 104 valence electrons. The normalized spacial score (nSPS) is 11.3. The molecule has 2 rings (SSSR count). The zero-order chi connectivity index (χ0) is 14.6. The van der Waals surface area contributed by atoms with Gasteiger partial charge in [0.1, 0.15) is 0 Å². The maximum atomic E-state index is 12.7. The fourth-order valence-corrected chi connectivity index (χ4v) is 2.12. The highest BCUT2D eigenvalue weighted by Gasteiger charge is 2.41. The van der Waals surface area contributed by atoms with Gasteiger partial charge in [0, 0.05) is 31.0 Å². The summed E-state index contributed by atoms with van der Waals surface area (Å²) in [4.78, 5) is 12.7. The Labute approximate surface area is 118 Å². The summed E-state index contributed by atoms with van der Waals surface area (Å²) in [6.45, 7) is 0. The highest BCUT2D eigenvalue weighted by atomic mass is 16.7. The first-order valence-electron chi connectivity index (χ1n) is 6.20. The van der Waals surface area contributed by atoms with Crippen LogP contribution < -0.4 is 5.73 Å². The molecule has 0 saturated carbocycles. The van der Waals surface area contributed by atoms with Crippen LogP contribution in [0.4, 0.5) is 5.69 Å². The van der Waals surface area contributed by atoms with Crippen LogP contribution >= 0.6 is 0 Å². The molecule has 0 aliphatic carbocycles. The van der Waals surface area contributed by atoms with Crippen molar-refractivity contribution >= 4 is 11.5 Å². The molecule has 20 heavy (non-hydrogen) atoms. The van der Waals surface area contributed by atoms with Gasteiger partial charge in [0.15, 0.2) is 0 Å². The van der Waals surface area contributed by atoms with Gasteiger partial charge in [-0.2, -0.15) is 0 Å². The number of carbonyl (C=O) groups is 1. The van der Waals surface area contributed by atoms with Gasteiger partial charge in [-0.15, -0.1) is 0 Å². The Hall–Kier alpha value is -2.17. The summed E-state index contributed by atoms with van der Waals surface area (Å²) >= 11 is 0. The fraction of sp³-hybridized carbons (Fsp3) is 0.188. The molecule has 0 spiro atoms. The number of anilines is 1. The van der Waals surface area contributed by atoms with Gasteiger partial charge in [0.25, 0.3) is 5.79 Å². The predicted molar refractivity (Wildman–Crippen MR) is 77.3 cm³/mol. The summed E-state index contributed by atoms with van der Waals surface area (Å²) < 4.78 is 10.8. The zero-order valence-corrected chi connectivity index (χ0v) is 11.5. The first-order valence-corrected chi connectivity index (χ1v) is 6.20. The number of ether oxygens (including phenoxy) is 2. The SMILES string of the molecule is COC(OC)(C(=O)c1ccc(N)cc1)c1ccccc1. The zero-order valence-electron chi connectivity index (χ0n) is 11.5. The van der Waals surface area contributed by atoms with E-state index in [1.54, 1.807) is 36.4 Å². The monoisotopic (exact) mass is 271 g/mol. The Morgan fingerprint density at radius 2 is 1.50 bits per heavy atom. The molecule has 0 atom stereocenters. The van der Waals surface area contributed by atoms with Crippen LogP contribution in [0, 0.1) is 0 Å². The van der Waals surface area contributed by atoms with Crippen LogP contribution in [0.3, 0.4) is 0 Å². The van der Waals surface area contributed by atoms with Crippen LogP contribution in [0.15, 0.2) is 54.6 Å². The van der Waals surface area contributed by atoms with E-state index in [0.717, 1.165) is 0 Å². The van der Waals surface area contributed by atoms with Crippen molar-refractivity contribution in [1.82, 2.24) is 0 Å². The number of carbonyl (C=O) groups excluding carboxylic acids is 1. The molecule has 0 unspecified atom stereocenters. The number of benzene rings is 2. The Morgan fingerprint density at radius 1 is 0.950 bits per heavy atom. The van der Waals surface area contributed by atoms with Gasteiger partial charge in [0.2, 0.25) is 5.78 Å². The van der Waals surface area contributed by atoms with Crippen LogP contribution in [0.25, 0.3) is 0 Å². The van der Waals surface area contributed by atoms with Gasteiger partial charge in [-0.3, -0.25) is 4.79 Å². The molecule has 2 N–H and O–H groups in total. The molecule has 2 aromatic rings. The van der Waals surface area contributed by atoms with E-state index in [9.17, 15) is 4.79 Å². The largest absolute Gasteiger partial charge is 0.399 e. The van der Waals surface area contributed by atoms with Crippen LogP contribution in [0.2, 0.25) is 0 Å². The van der Waals surface area contributed by atoms with Crippen molar-refractivity contribution in [3.63, 3.8) is 0 Å². The van der Waals surface area contributed by atoms with E-state index in [0.29, 0.717) is 16.8 Å². The minimum absolute atomic E-state index is 0.270. The standard InChI is InChI=1S/C16H17NO3/c1-19-16(20-2,13-6-4-3-5-7-13)15(18)12-8-10-14(17)11-9-12/h3-11H,17H2,1-2H3. The highest BCUT2D eigenvalue weighted by Crippen LogP contribution is 2.30. The van der Waals surface area contributed by atoms with E-state index in [-0.39, 0.29) is 5.78 Å². The maximum absolute atomic E-state index is 12.7. The van der Waals surface area contributed by atoms with Crippen molar-refractivity contribution in [1.29, 1.82) is 0 Å². The van der Waals surface area contributed by atoms with E-state index < -0.39 is 5.79 Å². The van der Waals surface area contributed by atoms with Crippen molar-refractivity contribution in [2.45, 2.75) is 5.79 Å². The van der Waals surface area contributed by atoms with E-state index >= 15 is 0 Å². The minimum atomic E-state index is -1.45. The van der Waals surface area contributed by atoms with Crippen molar-refractivity contribution in [2.75, 3.05) is 20.0 Å². The topological polar surface area (TPSA) is 61.5 Å². The summed E-state index contributed by atoms with van der Waals surface area (Å²) in [6, 6.07) is 15.8. The second kappa shape index (κ2) is 5.86. The smallest absolute Gasteiger partial charge is 0.260 e. The Balaban J connectivity index is 2.48. The Morgan fingerprint density at radius 3 is 2.00 bits per heavy atom. The fourth-order valence-electron chi connectivity index (χ4n) is 2.12. The number of hydrogen-bond donors (Lipinski definition) is 1. The van der Waals surface area contributed by atoms with Crippen LogP contribution in [0.5, 0.6) is 0 Å². The average molecular weight is 271 g/mol. The van der Waals surface area contributed by atoms with Crippen molar-refractivity contribution in [2.24, 2.45) is 0 Å². The number of rotatable bonds is 5. The molecule has 0 fully saturated rings. The van der Waals surface area contributed by atoms with Crippen LogP contribution in [-0.2, 0) is 15.3 Å². The molecule has 0 bridgehead atoms. The van der Waals surface area contributed by atoms with E-state index in [4.69, 9.17) is 15.2 Å². The molecule has 0 aromatic heterocycles. The predicted octanol–water partition coefficient (Wildman–Crippen LogP) is 2.60. The number of hydrogen-bond acceptors (Lipinski definition) is 4.